The third kappa shape index (κ3) is 4.38. The number of ether oxygens (including phenoxy) is 1. The van der Waals surface area contributed by atoms with E-state index in [-0.39, 0.29) is 28.3 Å². The molecule has 1 atom stereocenters. The Labute approximate surface area is 205 Å². The molecule has 0 saturated heterocycles. The molecule has 9 nitrogen and oxygen atoms in total. The molecule has 2 heterocycles. The second-order valence-electron chi connectivity index (χ2n) is 8.86. The summed E-state index contributed by atoms with van der Waals surface area (Å²) in [7, 11) is 1.57. The predicted molar refractivity (Wildman–Crippen MR) is 130 cm³/mol. The number of amides is 1. The number of nitrogens with two attached hydrogens (primary N) is 2. The van der Waals surface area contributed by atoms with Crippen LogP contribution in [0.15, 0.2) is 51.3 Å². The van der Waals surface area contributed by atoms with E-state index < -0.39 is 11.8 Å². The lowest BCUT2D eigenvalue weighted by Crippen LogP contribution is -2.42. The van der Waals surface area contributed by atoms with Crippen molar-refractivity contribution in [2.45, 2.75) is 36.9 Å². The number of anilines is 1. The average Bonchev–Trinajstić information content (AvgIpc) is 3.24. The van der Waals surface area contributed by atoms with E-state index in [1.165, 1.54) is 23.1 Å². The summed E-state index contributed by atoms with van der Waals surface area (Å²) in [5, 5.41) is 19.0. The minimum absolute atomic E-state index is 0.0304. The number of thioether (sulfide) groups is 1. The van der Waals surface area contributed by atoms with Gasteiger partial charge in [-0.1, -0.05) is 49.1 Å². The highest BCUT2D eigenvalue weighted by molar-refractivity contribution is 8.01. The van der Waals surface area contributed by atoms with Gasteiger partial charge in [0.05, 0.1) is 30.4 Å². The molecule has 4 N–H and O–H groups in total. The molecule has 0 spiro atoms. The number of carbonyl (C=O) groups is 2. The summed E-state index contributed by atoms with van der Waals surface area (Å²) >= 11 is 2.40. The van der Waals surface area contributed by atoms with Crippen molar-refractivity contribution in [3.05, 3.63) is 52.5 Å². The number of Topliss-reactive ketones (excluding diaryl/α,β-unsaturated/α-hetero) is 1. The molecule has 1 aromatic heterocycles. The zero-order valence-corrected chi connectivity index (χ0v) is 20.6. The fraction of sp³-hybridized carbons (Fsp3) is 0.348. The molecule has 4 rings (SSSR count). The Bertz CT molecular complexity index is 1270. The van der Waals surface area contributed by atoms with Gasteiger partial charge in [-0.3, -0.25) is 14.5 Å². The van der Waals surface area contributed by atoms with Gasteiger partial charge in [0, 0.05) is 17.7 Å². The second-order valence-corrected chi connectivity index (χ2v) is 11.0. The van der Waals surface area contributed by atoms with E-state index in [1.54, 1.807) is 12.0 Å². The van der Waals surface area contributed by atoms with E-state index >= 15 is 0 Å². The number of hydrogen-bond donors (Lipinski definition) is 2. The van der Waals surface area contributed by atoms with Crippen LogP contribution in [0.25, 0.3) is 0 Å². The van der Waals surface area contributed by atoms with Crippen molar-refractivity contribution in [1.82, 2.24) is 10.2 Å². The number of rotatable bonds is 6. The Morgan fingerprint density at radius 1 is 1.38 bits per heavy atom. The number of primary amides is 1. The first-order valence-electron chi connectivity index (χ1n) is 10.5. The summed E-state index contributed by atoms with van der Waals surface area (Å²) in [4.78, 5) is 26.4. The second kappa shape index (κ2) is 9.12. The highest BCUT2D eigenvalue weighted by atomic mass is 32.2. The van der Waals surface area contributed by atoms with Gasteiger partial charge < -0.3 is 16.2 Å². The molecule has 0 bridgehead atoms. The quantitative estimate of drug-likeness (QED) is 0.575. The lowest BCUT2D eigenvalue weighted by Gasteiger charge is -2.42. The predicted octanol–water partition coefficient (Wildman–Crippen LogP) is 3.06. The van der Waals surface area contributed by atoms with Crippen molar-refractivity contribution in [1.29, 1.82) is 5.26 Å². The number of aromatic nitrogens is 2. The number of carbonyl (C=O) groups excluding carboxylic acids is 2. The molecule has 2 aliphatic rings. The molecule has 1 aromatic carbocycles. The average molecular weight is 497 g/mol. The Kier molecular flexibility index (Phi) is 6.38. The molecule has 1 aliphatic carbocycles. The number of nitriles is 1. The normalized spacial score (nSPS) is 19.6. The van der Waals surface area contributed by atoms with Gasteiger partial charge in [-0.2, -0.15) is 5.26 Å². The molecule has 1 unspecified atom stereocenters. The van der Waals surface area contributed by atoms with Gasteiger partial charge in [-0.25, -0.2) is 0 Å². The van der Waals surface area contributed by atoms with Crippen LogP contribution >= 0.6 is 23.1 Å². The molecule has 0 fully saturated rings. The third-order valence-electron chi connectivity index (χ3n) is 5.73. The van der Waals surface area contributed by atoms with Crippen LogP contribution in [0.5, 0.6) is 5.75 Å². The lowest BCUT2D eigenvalue weighted by atomic mass is 9.68. The van der Waals surface area contributed by atoms with Crippen LogP contribution in [0.1, 0.15) is 38.2 Å². The largest absolute Gasteiger partial charge is 0.497 e. The van der Waals surface area contributed by atoms with Crippen molar-refractivity contribution in [2.75, 3.05) is 17.8 Å². The minimum atomic E-state index is -0.605. The maximum Gasteiger partial charge on any atom is 0.227 e. The van der Waals surface area contributed by atoms with Crippen molar-refractivity contribution < 1.29 is 14.3 Å². The molecule has 11 heteroatoms. The summed E-state index contributed by atoms with van der Waals surface area (Å²) in [5.41, 5.74) is 13.8. The number of allylic oxidation sites excluding steroid dienone is 3. The summed E-state index contributed by atoms with van der Waals surface area (Å²) in [6, 6.07) is 9.57. The molecule has 1 amide bonds. The summed E-state index contributed by atoms with van der Waals surface area (Å²) in [5.74, 6) is -0.190. The Morgan fingerprint density at radius 2 is 2.15 bits per heavy atom. The molecular weight excluding hydrogens is 472 g/mol. The van der Waals surface area contributed by atoms with Gasteiger partial charge in [-0.15, -0.1) is 10.2 Å². The van der Waals surface area contributed by atoms with E-state index in [1.807, 2.05) is 38.1 Å². The van der Waals surface area contributed by atoms with Gasteiger partial charge in [0.25, 0.3) is 0 Å². The topological polar surface area (TPSA) is 148 Å². The lowest BCUT2D eigenvalue weighted by molar-refractivity contribution is -0.118. The Balaban J connectivity index is 1.89. The number of ketones is 1. The van der Waals surface area contributed by atoms with Crippen molar-refractivity contribution >= 4 is 39.9 Å². The number of benzene rings is 1. The standard InChI is InChI=1S/C23H24N6O3S2/c1-23(2)8-15-19(16(30)9-23)18(12-5-4-6-13(7-12)32-3)14(10-24)20(26)29(15)21-27-28-22(34-21)33-11-17(25)31/h4-7,18H,8-9,11,26H2,1-3H3,(H2,25,31). The SMILES string of the molecule is COc1cccc(C2C(C#N)=C(N)N(c3nnc(SCC(N)=O)s3)C3=C2C(=O)CC(C)(C)C3)c1. The zero-order valence-electron chi connectivity index (χ0n) is 19.0. The van der Waals surface area contributed by atoms with E-state index in [4.69, 9.17) is 16.2 Å². The van der Waals surface area contributed by atoms with E-state index in [0.717, 1.165) is 5.56 Å². The molecule has 2 aromatic rings. The van der Waals surface area contributed by atoms with Crippen LogP contribution < -0.4 is 21.1 Å². The fourth-order valence-electron chi connectivity index (χ4n) is 4.37. The Morgan fingerprint density at radius 3 is 2.82 bits per heavy atom. The molecule has 1 aliphatic heterocycles. The first-order chi connectivity index (χ1) is 16.1. The first-order valence-corrected chi connectivity index (χ1v) is 12.3. The van der Waals surface area contributed by atoms with Crippen molar-refractivity contribution in [2.24, 2.45) is 16.9 Å². The highest BCUT2D eigenvalue weighted by Gasteiger charge is 2.45. The molecule has 0 saturated carbocycles. The highest BCUT2D eigenvalue weighted by Crippen LogP contribution is 2.51. The van der Waals surface area contributed by atoms with Crippen LogP contribution in [0.3, 0.4) is 0 Å². The van der Waals surface area contributed by atoms with Crippen LogP contribution in [0, 0.1) is 16.7 Å². The number of methoxy groups -OCH3 is 1. The summed E-state index contributed by atoms with van der Waals surface area (Å²) < 4.78 is 5.92. The minimum Gasteiger partial charge on any atom is -0.497 e. The summed E-state index contributed by atoms with van der Waals surface area (Å²) in [6.07, 6.45) is 0.923. The Hall–Kier alpha value is -3.36. The van der Waals surface area contributed by atoms with E-state index in [2.05, 4.69) is 16.3 Å². The van der Waals surface area contributed by atoms with E-state index in [9.17, 15) is 14.9 Å². The van der Waals surface area contributed by atoms with Crippen molar-refractivity contribution in [3.63, 3.8) is 0 Å². The zero-order chi connectivity index (χ0) is 24.6. The number of nitrogens with zero attached hydrogens (tertiary/aromatic N) is 4. The molecule has 176 valence electrons. The van der Waals surface area contributed by atoms with Gasteiger partial charge >= 0.3 is 0 Å². The monoisotopic (exact) mass is 496 g/mol. The number of hydrogen-bond acceptors (Lipinski definition) is 10. The fourth-order valence-corrected chi connectivity index (χ4v) is 5.99. The molecule has 34 heavy (non-hydrogen) atoms. The smallest absolute Gasteiger partial charge is 0.227 e. The van der Waals surface area contributed by atoms with Crippen LogP contribution in [-0.4, -0.2) is 34.8 Å². The van der Waals surface area contributed by atoms with Gasteiger partial charge in [-0.05, 0) is 29.5 Å². The van der Waals surface area contributed by atoms with Gasteiger partial charge in [0.1, 0.15) is 11.6 Å². The molecule has 0 radical (unpaired) electrons. The van der Waals surface area contributed by atoms with Crippen molar-refractivity contribution in [3.8, 4) is 11.8 Å². The maximum absolute atomic E-state index is 13.5. The van der Waals surface area contributed by atoms with Crippen LogP contribution in [0.2, 0.25) is 0 Å². The van der Waals surface area contributed by atoms with E-state index in [0.29, 0.717) is 39.3 Å². The maximum atomic E-state index is 13.5. The van der Waals surface area contributed by atoms with Gasteiger partial charge in [0.15, 0.2) is 10.1 Å². The van der Waals surface area contributed by atoms with Crippen LogP contribution in [-0.2, 0) is 9.59 Å². The summed E-state index contributed by atoms with van der Waals surface area (Å²) in [6.45, 7) is 4.06. The first kappa shape index (κ1) is 23.8. The third-order valence-corrected chi connectivity index (χ3v) is 7.80. The van der Waals surface area contributed by atoms with Gasteiger partial charge in [0.2, 0.25) is 11.0 Å². The molecular formula is C23H24N6O3S2. The van der Waals surface area contributed by atoms with Crippen LogP contribution in [0.4, 0.5) is 5.13 Å².